The van der Waals surface area contributed by atoms with Crippen LogP contribution in [0.3, 0.4) is 0 Å². The van der Waals surface area contributed by atoms with Crippen molar-refractivity contribution in [1.82, 2.24) is 14.4 Å². The molecule has 2 aromatic rings. The molecule has 0 atom stereocenters. The number of hydrogen-bond donors (Lipinski definition) is 0. The summed E-state index contributed by atoms with van der Waals surface area (Å²) in [5.41, 5.74) is 1.27. The van der Waals surface area contributed by atoms with Gasteiger partial charge in [0.1, 0.15) is 0 Å². The van der Waals surface area contributed by atoms with Gasteiger partial charge in [-0.3, -0.25) is 4.40 Å². The molecule has 2 aromatic heterocycles. The number of unbranched alkanes of at least 4 members (excludes halogenated alkanes) is 2. The molecule has 2 heterocycles. The molecule has 3 nitrogen and oxygen atoms in total. The minimum absolute atomic E-state index is 0.805. The number of hydrogen-bond acceptors (Lipinski definition) is 2. The molecule has 0 aliphatic carbocycles. The SMILES string of the molecule is CC.CCCCCc1cnc2ncccn12. The lowest BCUT2D eigenvalue weighted by Crippen LogP contribution is -1.93. The number of aromatic nitrogens is 3. The third kappa shape index (κ3) is 3.05. The molecule has 88 valence electrons. The maximum Gasteiger partial charge on any atom is 0.233 e. The number of imidazole rings is 1. The Morgan fingerprint density at radius 2 is 2.00 bits per heavy atom. The Labute approximate surface area is 97.5 Å². The second kappa shape index (κ2) is 6.99. The van der Waals surface area contributed by atoms with Gasteiger partial charge in [0.2, 0.25) is 5.78 Å². The molecule has 0 saturated carbocycles. The van der Waals surface area contributed by atoms with Crippen LogP contribution >= 0.6 is 0 Å². The highest BCUT2D eigenvalue weighted by molar-refractivity contribution is 5.30. The molecule has 0 bridgehead atoms. The van der Waals surface area contributed by atoms with Gasteiger partial charge in [0.25, 0.3) is 0 Å². The average Bonchev–Trinajstić information content (AvgIpc) is 2.76. The van der Waals surface area contributed by atoms with Crippen LogP contribution in [0.2, 0.25) is 0 Å². The summed E-state index contributed by atoms with van der Waals surface area (Å²) in [5.74, 6) is 0.805. The van der Waals surface area contributed by atoms with E-state index in [1.807, 2.05) is 32.3 Å². The van der Waals surface area contributed by atoms with Gasteiger partial charge in [-0.05, 0) is 18.9 Å². The second-order valence-corrected chi connectivity index (χ2v) is 3.50. The molecule has 0 aromatic carbocycles. The summed E-state index contributed by atoms with van der Waals surface area (Å²) in [6.45, 7) is 6.22. The van der Waals surface area contributed by atoms with Crippen molar-refractivity contribution < 1.29 is 0 Å². The molecule has 2 rings (SSSR count). The molecule has 0 radical (unpaired) electrons. The highest BCUT2D eigenvalue weighted by atomic mass is 15.1. The van der Waals surface area contributed by atoms with E-state index in [-0.39, 0.29) is 0 Å². The Balaban J connectivity index is 0.000000606. The number of rotatable bonds is 4. The lowest BCUT2D eigenvalue weighted by atomic mass is 10.2. The van der Waals surface area contributed by atoms with E-state index < -0.39 is 0 Å². The lowest BCUT2D eigenvalue weighted by Gasteiger charge is -1.99. The van der Waals surface area contributed by atoms with Crippen LogP contribution in [0.1, 0.15) is 45.7 Å². The van der Waals surface area contributed by atoms with Crippen molar-refractivity contribution in [3.63, 3.8) is 0 Å². The van der Waals surface area contributed by atoms with Crippen molar-refractivity contribution in [3.8, 4) is 0 Å². The Morgan fingerprint density at radius 1 is 1.19 bits per heavy atom. The molecule has 3 heteroatoms. The normalized spacial score (nSPS) is 9.94. The molecular weight excluding hydrogens is 198 g/mol. The zero-order valence-electron chi connectivity index (χ0n) is 10.5. The first-order valence-corrected chi connectivity index (χ1v) is 6.19. The van der Waals surface area contributed by atoms with Crippen molar-refractivity contribution in [3.05, 3.63) is 30.4 Å². The van der Waals surface area contributed by atoms with Crippen molar-refractivity contribution in [1.29, 1.82) is 0 Å². The molecule has 0 aliphatic heterocycles. The minimum atomic E-state index is 0.805. The van der Waals surface area contributed by atoms with E-state index in [9.17, 15) is 0 Å². The van der Waals surface area contributed by atoms with E-state index in [1.54, 1.807) is 6.20 Å². The van der Waals surface area contributed by atoms with Crippen LogP contribution in [0.4, 0.5) is 0 Å². The molecular formula is C13H21N3. The monoisotopic (exact) mass is 219 g/mol. The van der Waals surface area contributed by atoms with Gasteiger partial charge in [-0.25, -0.2) is 9.97 Å². The zero-order valence-corrected chi connectivity index (χ0v) is 10.5. The van der Waals surface area contributed by atoms with Crippen LogP contribution < -0.4 is 0 Å². The molecule has 16 heavy (non-hydrogen) atoms. The van der Waals surface area contributed by atoms with Gasteiger partial charge in [-0.15, -0.1) is 0 Å². The van der Waals surface area contributed by atoms with Gasteiger partial charge in [0.05, 0.1) is 6.20 Å². The van der Waals surface area contributed by atoms with E-state index in [1.165, 1.54) is 25.0 Å². The molecule has 0 aliphatic rings. The summed E-state index contributed by atoms with van der Waals surface area (Å²) in [6.07, 6.45) is 10.6. The fourth-order valence-electron chi connectivity index (χ4n) is 1.62. The summed E-state index contributed by atoms with van der Waals surface area (Å²) in [4.78, 5) is 8.43. The Bertz CT molecular complexity index is 406. The standard InChI is InChI=1S/C11H15N3.C2H6/c1-2-3-4-6-10-9-13-11-12-7-5-8-14(10)11;1-2/h5,7-9H,2-4,6H2,1H3;1-2H3. The smallest absolute Gasteiger partial charge is 0.233 e. The zero-order chi connectivity index (χ0) is 11.8. The van der Waals surface area contributed by atoms with Crippen LogP contribution in [0.15, 0.2) is 24.7 Å². The second-order valence-electron chi connectivity index (χ2n) is 3.50. The third-order valence-electron chi connectivity index (χ3n) is 2.40. The van der Waals surface area contributed by atoms with Crippen LogP contribution in [0.5, 0.6) is 0 Å². The fourth-order valence-corrected chi connectivity index (χ4v) is 1.62. The van der Waals surface area contributed by atoms with Crippen LogP contribution in [0.25, 0.3) is 5.78 Å². The van der Waals surface area contributed by atoms with Gasteiger partial charge in [-0.2, -0.15) is 0 Å². The van der Waals surface area contributed by atoms with Gasteiger partial charge >= 0.3 is 0 Å². The molecule has 0 amide bonds. The van der Waals surface area contributed by atoms with Gasteiger partial charge in [-0.1, -0.05) is 33.6 Å². The minimum Gasteiger partial charge on any atom is -0.288 e. The van der Waals surface area contributed by atoms with E-state index in [0.717, 1.165) is 12.2 Å². The third-order valence-corrected chi connectivity index (χ3v) is 2.40. The maximum atomic E-state index is 4.25. The first-order chi connectivity index (χ1) is 7.92. The van der Waals surface area contributed by atoms with Crippen LogP contribution in [-0.4, -0.2) is 14.4 Å². The molecule has 0 spiro atoms. The molecule has 0 fully saturated rings. The lowest BCUT2D eigenvalue weighted by molar-refractivity contribution is 0.703. The topological polar surface area (TPSA) is 30.2 Å². The quantitative estimate of drug-likeness (QED) is 0.737. The van der Waals surface area contributed by atoms with E-state index in [2.05, 4.69) is 21.3 Å². The molecule has 0 unspecified atom stereocenters. The van der Waals surface area contributed by atoms with Crippen molar-refractivity contribution in [2.45, 2.75) is 46.5 Å². The Hall–Kier alpha value is -1.38. The first-order valence-electron chi connectivity index (χ1n) is 6.19. The molecule has 0 N–H and O–H groups in total. The van der Waals surface area contributed by atoms with Gasteiger partial charge < -0.3 is 0 Å². The summed E-state index contributed by atoms with van der Waals surface area (Å²) in [7, 11) is 0. The first kappa shape index (κ1) is 12.7. The summed E-state index contributed by atoms with van der Waals surface area (Å²) < 4.78 is 2.07. The highest BCUT2D eigenvalue weighted by Gasteiger charge is 2.01. The van der Waals surface area contributed by atoms with Gasteiger partial charge in [0, 0.05) is 18.1 Å². The van der Waals surface area contributed by atoms with Crippen LogP contribution in [0, 0.1) is 0 Å². The van der Waals surface area contributed by atoms with E-state index >= 15 is 0 Å². The van der Waals surface area contributed by atoms with E-state index in [4.69, 9.17) is 0 Å². The van der Waals surface area contributed by atoms with Crippen LogP contribution in [-0.2, 0) is 6.42 Å². The van der Waals surface area contributed by atoms with Crippen molar-refractivity contribution in [2.75, 3.05) is 0 Å². The number of aryl methyl sites for hydroxylation is 1. The van der Waals surface area contributed by atoms with Crippen molar-refractivity contribution >= 4 is 5.78 Å². The predicted octanol–water partition coefficient (Wildman–Crippen LogP) is 3.49. The summed E-state index contributed by atoms with van der Waals surface area (Å²) in [5, 5.41) is 0. The number of nitrogens with zero attached hydrogens (tertiary/aromatic N) is 3. The largest absolute Gasteiger partial charge is 0.288 e. The van der Waals surface area contributed by atoms with E-state index in [0.29, 0.717) is 0 Å². The highest BCUT2D eigenvalue weighted by Crippen LogP contribution is 2.08. The van der Waals surface area contributed by atoms with Gasteiger partial charge in [0.15, 0.2) is 0 Å². The Kier molecular flexibility index (Phi) is 5.54. The summed E-state index contributed by atoms with van der Waals surface area (Å²) in [6, 6.07) is 1.94. The van der Waals surface area contributed by atoms with Crippen molar-refractivity contribution in [2.24, 2.45) is 0 Å². The number of fused-ring (bicyclic) bond motifs is 1. The summed E-state index contributed by atoms with van der Waals surface area (Å²) >= 11 is 0. The predicted molar refractivity (Wildman–Crippen MR) is 67.6 cm³/mol. The Morgan fingerprint density at radius 3 is 2.75 bits per heavy atom. The maximum absolute atomic E-state index is 4.25. The fraction of sp³-hybridized carbons (Fsp3) is 0.538. The molecule has 0 saturated heterocycles. The average molecular weight is 219 g/mol.